The van der Waals surface area contributed by atoms with Crippen molar-refractivity contribution < 1.29 is 9.84 Å². The molecule has 0 fully saturated rings. The van der Waals surface area contributed by atoms with Crippen LogP contribution in [0.2, 0.25) is 0 Å². The van der Waals surface area contributed by atoms with Gasteiger partial charge in [-0.05, 0) is 26.3 Å². The maximum absolute atomic E-state index is 10.4. The minimum Gasteiger partial charge on any atom is -0.492 e. The third-order valence-electron chi connectivity index (χ3n) is 2.91. The molecule has 0 spiro atoms. The zero-order valence-corrected chi connectivity index (χ0v) is 11.1. The molecule has 0 bridgehead atoms. The van der Waals surface area contributed by atoms with E-state index < -0.39 is 5.60 Å². The summed E-state index contributed by atoms with van der Waals surface area (Å²) in [5.41, 5.74) is 0.0227. The highest BCUT2D eigenvalue weighted by atomic mass is 16.5. The summed E-state index contributed by atoms with van der Waals surface area (Å²) in [6.07, 6.45) is 7.49. The van der Waals surface area contributed by atoms with E-state index >= 15 is 0 Å². The molecule has 1 aromatic rings. The van der Waals surface area contributed by atoms with Gasteiger partial charge in [0.25, 0.3) is 0 Å². The molecule has 17 heavy (non-hydrogen) atoms. The highest BCUT2D eigenvalue weighted by Gasteiger charge is 2.23. The smallest absolute Gasteiger partial charge is 0.137 e. The number of aliphatic hydroxyl groups is 1. The van der Waals surface area contributed by atoms with Gasteiger partial charge < -0.3 is 9.84 Å². The van der Waals surface area contributed by atoms with Crippen LogP contribution in [0.5, 0.6) is 5.75 Å². The van der Waals surface area contributed by atoms with Gasteiger partial charge in [0.2, 0.25) is 0 Å². The molecule has 0 amide bonds. The molecule has 1 N–H and O–H groups in total. The monoisotopic (exact) mass is 237 g/mol. The van der Waals surface area contributed by atoms with Crippen molar-refractivity contribution in [3.05, 3.63) is 24.0 Å². The van der Waals surface area contributed by atoms with Gasteiger partial charge in [-0.2, -0.15) is 0 Å². The number of rotatable bonds is 7. The second kappa shape index (κ2) is 6.60. The number of unbranched alkanes of at least 4 members (excludes halogenated alkanes) is 2. The van der Waals surface area contributed by atoms with Gasteiger partial charge in [0.1, 0.15) is 5.75 Å². The van der Waals surface area contributed by atoms with Gasteiger partial charge in [0, 0.05) is 11.8 Å². The third-order valence-corrected chi connectivity index (χ3v) is 2.91. The molecule has 1 aromatic heterocycles. The van der Waals surface area contributed by atoms with Gasteiger partial charge in [-0.15, -0.1) is 0 Å². The molecule has 0 aliphatic rings. The standard InChI is InChI=1S/C14H23NO2/c1-4-6-7-8-14(3,16)12-9-13(17-5-2)11-15-10-12/h9-11,16H,4-8H2,1-3H3. The van der Waals surface area contributed by atoms with E-state index in [0.29, 0.717) is 6.61 Å². The van der Waals surface area contributed by atoms with Crippen molar-refractivity contribution in [3.8, 4) is 5.75 Å². The van der Waals surface area contributed by atoms with Crippen molar-refractivity contribution >= 4 is 0 Å². The van der Waals surface area contributed by atoms with Crippen LogP contribution in [0, 0.1) is 0 Å². The predicted octanol–water partition coefficient (Wildman–Crippen LogP) is 3.27. The lowest BCUT2D eigenvalue weighted by atomic mass is 9.91. The first kappa shape index (κ1) is 14.0. The zero-order valence-electron chi connectivity index (χ0n) is 11.1. The Morgan fingerprint density at radius 1 is 1.29 bits per heavy atom. The van der Waals surface area contributed by atoms with Gasteiger partial charge >= 0.3 is 0 Å². The molecule has 96 valence electrons. The Hall–Kier alpha value is -1.09. The molecule has 0 aliphatic heterocycles. The van der Waals surface area contributed by atoms with E-state index in [1.807, 2.05) is 19.9 Å². The van der Waals surface area contributed by atoms with E-state index in [-0.39, 0.29) is 0 Å². The molecular weight excluding hydrogens is 214 g/mol. The van der Waals surface area contributed by atoms with Gasteiger partial charge in [0.05, 0.1) is 18.4 Å². The first-order chi connectivity index (χ1) is 8.10. The Kier molecular flexibility index (Phi) is 5.42. The summed E-state index contributed by atoms with van der Waals surface area (Å²) in [6.45, 7) is 6.55. The maximum Gasteiger partial charge on any atom is 0.137 e. The first-order valence-electron chi connectivity index (χ1n) is 6.41. The molecule has 0 saturated heterocycles. The molecule has 1 heterocycles. The molecule has 0 saturated carbocycles. The number of hydrogen-bond donors (Lipinski definition) is 1. The molecule has 1 atom stereocenters. The Balaban J connectivity index is 2.71. The van der Waals surface area contributed by atoms with E-state index in [4.69, 9.17) is 4.74 Å². The highest BCUT2D eigenvalue weighted by Crippen LogP contribution is 2.28. The second-order valence-corrected chi connectivity index (χ2v) is 4.57. The lowest BCUT2D eigenvalue weighted by Crippen LogP contribution is -2.21. The normalized spacial score (nSPS) is 14.4. The topological polar surface area (TPSA) is 42.4 Å². The van der Waals surface area contributed by atoms with Crippen molar-refractivity contribution in [1.82, 2.24) is 4.98 Å². The fourth-order valence-corrected chi connectivity index (χ4v) is 1.82. The molecule has 0 aromatic carbocycles. The maximum atomic E-state index is 10.4. The Morgan fingerprint density at radius 2 is 2.06 bits per heavy atom. The lowest BCUT2D eigenvalue weighted by molar-refractivity contribution is 0.0443. The number of hydrogen-bond acceptors (Lipinski definition) is 3. The molecule has 3 heteroatoms. The number of pyridine rings is 1. The molecule has 1 unspecified atom stereocenters. The average molecular weight is 237 g/mol. The van der Waals surface area contributed by atoms with E-state index in [9.17, 15) is 5.11 Å². The summed E-state index contributed by atoms with van der Waals surface area (Å²) in [5, 5.41) is 10.4. The van der Waals surface area contributed by atoms with Crippen LogP contribution in [-0.4, -0.2) is 16.7 Å². The molecule has 1 rings (SSSR count). The Labute approximate surface area is 104 Å². The van der Waals surface area contributed by atoms with Crippen molar-refractivity contribution in [2.45, 2.75) is 52.1 Å². The Morgan fingerprint density at radius 3 is 2.71 bits per heavy atom. The second-order valence-electron chi connectivity index (χ2n) is 4.57. The number of aromatic nitrogens is 1. The predicted molar refractivity (Wildman–Crippen MR) is 69.1 cm³/mol. The van der Waals surface area contributed by atoms with Gasteiger partial charge in [-0.1, -0.05) is 26.2 Å². The average Bonchev–Trinajstić information content (AvgIpc) is 2.30. The SMILES string of the molecule is CCCCCC(C)(O)c1cncc(OCC)c1. The first-order valence-corrected chi connectivity index (χ1v) is 6.41. The molecule has 0 radical (unpaired) electrons. The minimum absolute atomic E-state index is 0.614. The van der Waals surface area contributed by atoms with Gasteiger partial charge in [0.15, 0.2) is 0 Å². The lowest BCUT2D eigenvalue weighted by Gasteiger charge is -2.23. The van der Waals surface area contributed by atoms with Crippen LogP contribution in [0.15, 0.2) is 18.5 Å². The van der Waals surface area contributed by atoms with Crippen LogP contribution in [0.3, 0.4) is 0 Å². The van der Waals surface area contributed by atoms with Crippen LogP contribution in [0.1, 0.15) is 52.0 Å². The van der Waals surface area contributed by atoms with Crippen molar-refractivity contribution in [2.24, 2.45) is 0 Å². The van der Waals surface area contributed by atoms with Crippen LogP contribution in [-0.2, 0) is 5.60 Å². The minimum atomic E-state index is -0.810. The van der Waals surface area contributed by atoms with E-state index in [1.54, 1.807) is 12.4 Å². The summed E-state index contributed by atoms with van der Waals surface area (Å²) in [5.74, 6) is 0.723. The Bertz CT molecular complexity index is 337. The third kappa shape index (κ3) is 4.35. The fourth-order valence-electron chi connectivity index (χ4n) is 1.82. The van der Waals surface area contributed by atoms with Crippen LogP contribution in [0.4, 0.5) is 0 Å². The highest BCUT2D eigenvalue weighted by molar-refractivity contribution is 5.27. The van der Waals surface area contributed by atoms with Crippen molar-refractivity contribution in [1.29, 1.82) is 0 Å². The van der Waals surface area contributed by atoms with E-state index in [1.165, 1.54) is 0 Å². The quantitative estimate of drug-likeness (QED) is 0.740. The van der Waals surface area contributed by atoms with Crippen molar-refractivity contribution in [2.75, 3.05) is 6.61 Å². The van der Waals surface area contributed by atoms with Crippen LogP contribution >= 0.6 is 0 Å². The van der Waals surface area contributed by atoms with E-state index in [0.717, 1.165) is 37.0 Å². The number of ether oxygens (including phenoxy) is 1. The summed E-state index contributed by atoms with van der Waals surface area (Å²) >= 11 is 0. The van der Waals surface area contributed by atoms with Crippen LogP contribution < -0.4 is 4.74 Å². The molecular formula is C14H23NO2. The molecule has 3 nitrogen and oxygen atoms in total. The zero-order chi connectivity index (χ0) is 12.7. The van der Waals surface area contributed by atoms with Crippen LogP contribution in [0.25, 0.3) is 0 Å². The summed E-state index contributed by atoms with van der Waals surface area (Å²) in [6, 6.07) is 1.88. The fraction of sp³-hybridized carbons (Fsp3) is 0.643. The van der Waals surface area contributed by atoms with E-state index in [2.05, 4.69) is 11.9 Å². The summed E-state index contributed by atoms with van der Waals surface area (Å²) < 4.78 is 5.39. The number of nitrogens with zero attached hydrogens (tertiary/aromatic N) is 1. The summed E-state index contributed by atoms with van der Waals surface area (Å²) in [4.78, 5) is 4.11. The largest absolute Gasteiger partial charge is 0.492 e. The van der Waals surface area contributed by atoms with Gasteiger partial charge in [-0.25, -0.2) is 0 Å². The van der Waals surface area contributed by atoms with Gasteiger partial charge in [-0.3, -0.25) is 4.98 Å². The molecule has 0 aliphatic carbocycles. The summed E-state index contributed by atoms with van der Waals surface area (Å²) in [7, 11) is 0. The van der Waals surface area contributed by atoms with Crippen molar-refractivity contribution in [3.63, 3.8) is 0 Å².